The highest BCUT2D eigenvalue weighted by Crippen LogP contribution is 2.30. The number of alkyl halides is 3. The maximum Gasteiger partial charge on any atom is 0.433 e. The number of rotatable bonds is 6. The van der Waals surface area contributed by atoms with Crippen LogP contribution < -0.4 is 9.47 Å². The van der Waals surface area contributed by atoms with E-state index >= 15 is 0 Å². The smallest absolute Gasteiger partial charge is 0.433 e. The van der Waals surface area contributed by atoms with Crippen molar-refractivity contribution in [2.75, 3.05) is 6.61 Å². The number of hydrogen-bond donors (Lipinski definition) is 0. The number of halogens is 6. The topological polar surface area (TPSA) is 57.1 Å². The van der Waals surface area contributed by atoms with E-state index in [1.54, 1.807) is 0 Å². The summed E-state index contributed by atoms with van der Waals surface area (Å²) in [6.07, 6.45) is -2.63. The zero-order chi connectivity index (χ0) is 21.0. The van der Waals surface area contributed by atoms with E-state index in [4.69, 9.17) is 21.1 Å². The van der Waals surface area contributed by atoms with E-state index in [-0.39, 0.29) is 35.7 Å². The van der Waals surface area contributed by atoms with Crippen LogP contribution in [0.2, 0.25) is 5.28 Å². The molecule has 0 saturated carbocycles. The molecule has 0 radical (unpaired) electrons. The molecule has 152 valence electrons. The minimum absolute atomic E-state index is 0.00721. The second kappa shape index (κ2) is 8.56. The number of hydrogen-bond acceptors (Lipinski definition) is 5. The summed E-state index contributed by atoms with van der Waals surface area (Å²) in [5, 5.41) is -0.174. The molecule has 0 aliphatic heterocycles. The normalized spacial score (nSPS) is 11.4. The number of ether oxygens (including phenoxy) is 2. The Hall–Kier alpha value is -3.01. The average Bonchev–Trinajstić information content (AvgIpc) is 2.66. The third-order valence-electron chi connectivity index (χ3n) is 3.56. The van der Waals surface area contributed by atoms with Gasteiger partial charge in [-0.1, -0.05) is 6.07 Å². The minimum atomic E-state index is -4.58. The van der Waals surface area contributed by atoms with E-state index in [1.807, 2.05) is 0 Å². The van der Waals surface area contributed by atoms with Gasteiger partial charge in [0.1, 0.15) is 11.4 Å². The van der Waals surface area contributed by atoms with Gasteiger partial charge in [0, 0.05) is 6.42 Å². The summed E-state index contributed by atoms with van der Waals surface area (Å²) in [5.74, 6) is -2.08. The Morgan fingerprint density at radius 1 is 0.966 bits per heavy atom. The summed E-state index contributed by atoms with van der Waals surface area (Å²) in [6.45, 7) is -0.00721. The minimum Gasteiger partial charge on any atom is -0.475 e. The van der Waals surface area contributed by atoms with Crippen LogP contribution in [0.25, 0.3) is 0 Å². The Morgan fingerprint density at radius 3 is 2.41 bits per heavy atom. The maximum absolute atomic E-state index is 14.2. The van der Waals surface area contributed by atoms with Crippen LogP contribution in [0.1, 0.15) is 11.3 Å². The summed E-state index contributed by atoms with van der Waals surface area (Å²) >= 11 is 5.56. The highest BCUT2D eigenvalue weighted by molar-refractivity contribution is 6.28. The molecule has 1 aromatic carbocycles. The third-order valence-corrected chi connectivity index (χ3v) is 3.75. The van der Waals surface area contributed by atoms with Gasteiger partial charge in [-0.25, -0.2) is 14.4 Å². The molecule has 0 unspecified atom stereocenters. The van der Waals surface area contributed by atoms with Crippen LogP contribution in [0.15, 0.2) is 42.7 Å². The van der Waals surface area contributed by atoms with Crippen molar-refractivity contribution in [1.82, 2.24) is 15.0 Å². The first-order chi connectivity index (χ1) is 13.7. The van der Waals surface area contributed by atoms with Gasteiger partial charge < -0.3 is 9.47 Å². The van der Waals surface area contributed by atoms with Gasteiger partial charge in [-0.15, -0.1) is 0 Å². The van der Waals surface area contributed by atoms with Crippen molar-refractivity contribution >= 4 is 11.6 Å². The van der Waals surface area contributed by atoms with Gasteiger partial charge in [-0.3, -0.25) is 0 Å². The van der Waals surface area contributed by atoms with E-state index in [9.17, 15) is 22.0 Å². The molecule has 0 bridgehead atoms. The van der Waals surface area contributed by atoms with Crippen LogP contribution in [0.4, 0.5) is 22.0 Å². The van der Waals surface area contributed by atoms with Crippen molar-refractivity contribution in [2.45, 2.75) is 12.6 Å². The molecule has 0 atom stereocenters. The van der Waals surface area contributed by atoms with Gasteiger partial charge in [0.25, 0.3) is 5.88 Å². The molecule has 0 aliphatic carbocycles. The van der Waals surface area contributed by atoms with Crippen LogP contribution in [0, 0.1) is 11.6 Å². The number of aromatic nitrogens is 3. The highest BCUT2D eigenvalue weighted by atomic mass is 35.5. The highest BCUT2D eigenvalue weighted by Gasteiger charge is 2.32. The summed E-state index contributed by atoms with van der Waals surface area (Å²) in [5.41, 5.74) is -0.567. The average molecular weight is 432 g/mol. The van der Waals surface area contributed by atoms with Gasteiger partial charge in [0.2, 0.25) is 11.1 Å². The van der Waals surface area contributed by atoms with Gasteiger partial charge in [0.15, 0.2) is 11.6 Å². The van der Waals surface area contributed by atoms with Crippen LogP contribution in [0.5, 0.6) is 17.4 Å². The molecule has 29 heavy (non-hydrogen) atoms. The Balaban J connectivity index is 1.60. The quantitative estimate of drug-likeness (QED) is 0.395. The second-order valence-corrected chi connectivity index (χ2v) is 5.97. The molecule has 0 saturated heterocycles. The molecule has 0 N–H and O–H groups in total. The summed E-state index contributed by atoms with van der Waals surface area (Å²) in [6, 6.07) is 5.78. The molecule has 3 aromatic rings. The molecule has 0 spiro atoms. The van der Waals surface area contributed by atoms with Crippen molar-refractivity contribution in [2.24, 2.45) is 0 Å². The standard InChI is InChI=1S/C18H11ClF5N3O2/c19-17-26-9-13(21)16(27-17)28-6-5-10-1-3-14(12(20)7-10)29-11-2-4-15(25-8-11)18(22,23)24/h1-4,7-9H,5-6H2. The van der Waals surface area contributed by atoms with Gasteiger partial charge in [-0.05, 0) is 41.4 Å². The van der Waals surface area contributed by atoms with E-state index in [0.717, 1.165) is 24.5 Å². The lowest BCUT2D eigenvalue weighted by Crippen LogP contribution is -2.07. The van der Waals surface area contributed by atoms with Crippen molar-refractivity contribution in [3.8, 4) is 17.4 Å². The predicted octanol–water partition coefficient (Wildman–Crippen LogP) is 5.24. The van der Waals surface area contributed by atoms with Gasteiger partial charge in [-0.2, -0.15) is 22.5 Å². The Morgan fingerprint density at radius 2 is 1.76 bits per heavy atom. The SMILES string of the molecule is Fc1cc(CCOc2nc(Cl)ncc2F)ccc1Oc1ccc(C(F)(F)F)nc1. The summed E-state index contributed by atoms with van der Waals surface area (Å²) in [7, 11) is 0. The molecule has 3 rings (SSSR count). The zero-order valence-corrected chi connectivity index (χ0v) is 15.1. The first kappa shape index (κ1) is 20.7. The molecule has 0 fully saturated rings. The van der Waals surface area contributed by atoms with Gasteiger partial charge >= 0.3 is 6.18 Å². The Bertz CT molecular complexity index is 1000. The van der Waals surface area contributed by atoms with Crippen molar-refractivity contribution in [3.05, 3.63) is 70.9 Å². The molecule has 2 heterocycles. The maximum atomic E-state index is 14.2. The largest absolute Gasteiger partial charge is 0.475 e. The van der Waals surface area contributed by atoms with Crippen molar-refractivity contribution in [3.63, 3.8) is 0 Å². The van der Waals surface area contributed by atoms with Crippen LogP contribution in [-0.4, -0.2) is 21.6 Å². The van der Waals surface area contributed by atoms with Crippen molar-refractivity contribution in [1.29, 1.82) is 0 Å². The zero-order valence-electron chi connectivity index (χ0n) is 14.4. The third kappa shape index (κ3) is 5.50. The fourth-order valence-electron chi connectivity index (χ4n) is 2.22. The van der Waals surface area contributed by atoms with Crippen LogP contribution in [-0.2, 0) is 12.6 Å². The Kier molecular flexibility index (Phi) is 6.12. The van der Waals surface area contributed by atoms with E-state index < -0.39 is 23.5 Å². The monoisotopic (exact) mass is 431 g/mol. The summed E-state index contributed by atoms with van der Waals surface area (Å²) < 4.78 is 75.5. The fourth-order valence-corrected chi connectivity index (χ4v) is 2.34. The molecular weight excluding hydrogens is 421 g/mol. The summed E-state index contributed by atoms with van der Waals surface area (Å²) in [4.78, 5) is 10.3. The molecule has 0 amide bonds. The molecule has 2 aromatic heterocycles. The van der Waals surface area contributed by atoms with Gasteiger partial charge in [0.05, 0.1) is 19.0 Å². The first-order valence-corrected chi connectivity index (χ1v) is 8.40. The second-order valence-electron chi connectivity index (χ2n) is 5.63. The Labute approximate surface area is 166 Å². The van der Waals surface area contributed by atoms with E-state index in [1.165, 1.54) is 18.2 Å². The lowest BCUT2D eigenvalue weighted by molar-refractivity contribution is -0.141. The van der Waals surface area contributed by atoms with Crippen LogP contribution >= 0.6 is 11.6 Å². The number of benzene rings is 1. The number of pyridine rings is 1. The predicted molar refractivity (Wildman–Crippen MR) is 91.9 cm³/mol. The molecular formula is C18H11ClF5N3O2. The number of nitrogens with zero attached hydrogens (tertiary/aromatic N) is 3. The van der Waals surface area contributed by atoms with Crippen molar-refractivity contribution < 1.29 is 31.4 Å². The van der Waals surface area contributed by atoms with Crippen LogP contribution in [0.3, 0.4) is 0 Å². The first-order valence-electron chi connectivity index (χ1n) is 8.03. The van der Waals surface area contributed by atoms with E-state index in [2.05, 4.69) is 15.0 Å². The fraction of sp³-hybridized carbons (Fsp3) is 0.167. The molecule has 11 heteroatoms. The lowest BCUT2D eigenvalue weighted by Gasteiger charge is -2.10. The van der Waals surface area contributed by atoms with E-state index in [0.29, 0.717) is 5.56 Å². The molecule has 0 aliphatic rings. The lowest BCUT2D eigenvalue weighted by atomic mass is 10.1. The molecule has 5 nitrogen and oxygen atoms in total.